The van der Waals surface area contributed by atoms with Crippen LogP contribution in [0, 0.1) is 0 Å². The Balaban J connectivity index is 1.28. The van der Waals surface area contributed by atoms with E-state index in [-0.39, 0.29) is 30.3 Å². The van der Waals surface area contributed by atoms with Gasteiger partial charge in [-0.15, -0.1) is 0 Å². The summed E-state index contributed by atoms with van der Waals surface area (Å²) in [6, 6.07) is 33.4. The topological polar surface area (TPSA) is 182 Å². The Hall–Kier alpha value is -6.68. The number of esters is 1. The molecule has 58 heavy (non-hydrogen) atoms. The van der Waals surface area contributed by atoms with E-state index in [1.165, 1.54) is 19.8 Å². The van der Waals surface area contributed by atoms with Gasteiger partial charge < -0.3 is 38.8 Å². The Morgan fingerprint density at radius 2 is 1.36 bits per heavy atom. The van der Waals surface area contributed by atoms with Gasteiger partial charge in [0.15, 0.2) is 29.3 Å². The van der Waals surface area contributed by atoms with E-state index in [2.05, 4.69) is 20.3 Å². The number of aromatic nitrogens is 4. The van der Waals surface area contributed by atoms with Gasteiger partial charge >= 0.3 is 11.9 Å². The summed E-state index contributed by atoms with van der Waals surface area (Å²) in [7, 11) is 4.63. The third-order valence-corrected chi connectivity index (χ3v) is 9.91. The second-order valence-corrected chi connectivity index (χ2v) is 13.3. The maximum Gasteiger partial charge on any atom is 0.306 e. The second kappa shape index (κ2) is 17.6. The molecule has 0 bridgehead atoms. The number of ether oxygens (including phenoxy) is 6. The molecule has 1 aliphatic heterocycles. The first-order valence-corrected chi connectivity index (χ1v) is 18.4. The molecule has 0 radical (unpaired) electrons. The minimum atomic E-state index is -1.25. The van der Waals surface area contributed by atoms with E-state index in [9.17, 15) is 19.5 Å². The van der Waals surface area contributed by atoms with Gasteiger partial charge in [0.2, 0.25) is 0 Å². The summed E-state index contributed by atoms with van der Waals surface area (Å²) in [6.45, 7) is -0.153. The number of carbonyl (C=O) groups is 3. The number of nitrogens with one attached hydrogen (secondary N) is 1. The Labute approximate surface area is 333 Å². The number of hydrogen-bond acceptors (Lipinski definition) is 12. The zero-order valence-electron chi connectivity index (χ0n) is 31.9. The molecule has 1 amide bonds. The molecule has 1 saturated heterocycles. The number of aliphatic carboxylic acids is 1. The average Bonchev–Trinajstić information content (AvgIpc) is 3.85. The van der Waals surface area contributed by atoms with Crippen LogP contribution in [0.3, 0.4) is 0 Å². The molecule has 1 fully saturated rings. The van der Waals surface area contributed by atoms with Crippen molar-refractivity contribution < 1.29 is 47.9 Å². The molecule has 0 aliphatic carbocycles. The smallest absolute Gasteiger partial charge is 0.306 e. The minimum Gasteiger partial charge on any atom is -0.497 e. The molecule has 1 aliphatic rings. The summed E-state index contributed by atoms with van der Waals surface area (Å²) in [5, 5.41) is 12.1. The first-order valence-electron chi connectivity index (χ1n) is 18.4. The molecule has 15 nitrogen and oxygen atoms in total. The standard InChI is InChI=1S/C43H41N5O10/c1-53-31-18-14-29(15-19-31)43(28-12-8-5-9-13-28,30-16-20-32(54-2)21-17-30)56-24-33-37(58-35(51)23-22-34(49)50)38(55-3)42(57-33)48-26-46-36-39(44-25-45-40(36)48)47-41(52)27-10-6-4-7-11-27/h4-21,25-26,33,37-38,42H,22-24H2,1-3H3,(H,49,50)(H,44,45,47,52)/t33-,37-,38-,42-/m1/s1. The molecular weight excluding hydrogens is 746 g/mol. The summed E-state index contributed by atoms with van der Waals surface area (Å²) in [4.78, 5) is 51.0. The van der Waals surface area contributed by atoms with Crippen molar-refractivity contribution in [2.75, 3.05) is 33.3 Å². The molecule has 4 atom stereocenters. The van der Waals surface area contributed by atoms with Crippen molar-refractivity contribution in [3.8, 4) is 11.5 Å². The number of fused-ring (bicyclic) bond motifs is 1. The number of imidazole rings is 1. The molecule has 7 rings (SSSR count). The van der Waals surface area contributed by atoms with Crippen molar-refractivity contribution in [1.82, 2.24) is 19.5 Å². The maximum absolute atomic E-state index is 13.2. The van der Waals surface area contributed by atoms with E-state index in [4.69, 9.17) is 28.4 Å². The Kier molecular flexibility index (Phi) is 12.0. The van der Waals surface area contributed by atoms with Crippen LogP contribution in [-0.2, 0) is 34.1 Å². The highest BCUT2D eigenvalue weighted by molar-refractivity contribution is 6.06. The molecule has 15 heteroatoms. The van der Waals surface area contributed by atoms with Crippen molar-refractivity contribution in [3.05, 3.63) is 144 Å². The Morgan fingerprint density at radius 3 is 1.95 bits per heavy atom. The van der Waals surface area contributed by atoms with Crippen LogP contribution in [0.1, 0.15) is 46.1 Å². The largest absolute Gasteiger partial charge is 0.497 e. The molecule has 298 valence electrons. The predicted molar refractivity (Wildman–Crippen MR) is 209 cm³/mol. The SMILES string of the molecule is COc1ccc(C(OC[C@H]2O[C@@H](n3cnc4c(NC(=O)c5ccccc5)ncnc43)[C@H](OC)[C@@H]2OC(=O)CCC(=O)O)(c2ccccc2)c2ccc(OC)cc2)cc1. The van der Waals surface area contributed by atoms with Gasteiger partial charge in [-0.05, 0) is 53.1 Å². The van der Waals surface area contributed by atoms with E-state index >= 15 is 0 Å². The Bertz CT molecular complexity index is 2290. The van der Waals surface area contributed by atoms with Gasteiger partial charge in [-0.3, -0.25) is 19.0 Å². The molecule has 0 saturated carbocycles. The van der Waals surface area contributed by atoms with Crippen molar-refractivity contribution in [3.63, 3.8) is 0 Å². The lowest BCUT2D eigenvalue weighted by molar-refractivity contribution is -0.161. The monoisotopic (exact) mass is 787 g/mol. The lowest BCUT2D eigenvalue weighted by Crippen LogP contribution is -2.42. The van der Waals surface area contributed by atoms with Gasteiger partial charge in [0.05, 0.1) is 40.0 Å². The van der Waals surface area contributed by atoms with E-state index in [0.717, 1.165) is 16.7 Å². The zero-order chi connectivity index (χ0) is 40.6. The van der Waals surface area contributed by atoms with Crippen LogP contribution < -0.4 is 14.8 Å². The molecule has 0 spiro atoms. The van der Waals surface area contributed by atoms with Gasteiger partial charge in [0.25, 0.3) is 5.91 Å². The van der Waals surface area contributed by atoms with Crippen LogP contribution in [0.2, 0.25) is 0 Å². The number of carboxylic acids is 1. The van der Waals surface area contributed by atoms with Crippen LogP contribution in [-0.4, -0.2) is 88.7 Å². The molecule has 4 aromatic carbocycles. The number of benzene rings is 4. The van der Waals surface area contributed by atoms with Crippen LogP contribution in [0.15, 0.2) is 122 Å². The van der Waals surface area contributed by atoms with Crippen LogP contribution in [0.25, 0.3) is 11.2 Å². The maximum atomic E-state index is 13.2. The first kappa shape index (κ1) is 39.6. The number of methoxy groups -OCH3 is 3. The summed E-state index contributed by atoms with van der Waals surface area (Å²) >= 11 is 0. The number of amides is 1. The zero-order valence-corrected chi connectivity index (χ0v) is 31.9. The van der Waals surface area contributed by atoms with Crippen LogP contribution in [0.5, 0.6) is 11.5 Å². The summed E-state index contributed by atoms with van der Waals surface area (Å²) in [6.07, 6.45) is -2.04. The molecular formula is C43H41N5O10. The van der Waals surface area contributed by atoms with Crippen LogP contribution >= 0.6 is 0 Å². The molecule has 2 aromatic heterocycles. The molecule has 0 unspecified atom stereocenters. The van der Waals surface area contributed by atoms with E-state index in [1.807, 2.05) is 84.9 Å². The highest BCUT2D eigenvalue weighted by Gasteiger charge is 2.50. The van der Waals surface area contributed by atoms with Crippen molar-refractivity contribution in [1.29, 1.82) is 0 Å². The highest BCUT2D eigenvalue weighted by atomic mass is 16.6. The molecule has 6 aromatic rings. The number of rotatable bonds is 16. The van der Waals surface area contributed by atoms with Crippen molar-refractivity contribution >= 4 is 34.8 Å². The number of carboxylic acid groups (broad SMARTS) is 1. The van der Waals surface area contributed by atoms with E-state index < -0.39 is 48.5 Å². The summed E-state index contributed by atoms with van der Waals surface area (Å²) < 4.78 is 38.4. The van der Waals surface area contributed by atoms with E-state index in [0.29, 0.717) is 22.7 Å². The van der Waals surface area contributed by atoms with E-state index in [1.54, 1.807) is 43.1 Å². The predicted octanol–water partition coefficient (Wildman–Crippen LogP) is 5.79. The lowest BCUT2D eigenvalue weighted by atomic mass is 9.80. The first-order chi connectivity index (χ1) is 28.2. The second-order valence-electron chi connectivity index (χ2n) is 13.3. The fraction of sp³-hybridized carbons (Fsp3) is 0.256. The number of anilines is 1. The highest BCUT2D eigenvalue weighted by Crippen LogP contribution is 2.44. The number of hydrogen-bond donors (Lipinski definition) is 2. The third kappa shape index (κ3) is 8.09. The van der Waals surface area contributed by atoms with Gasteiger partial charge in [0, 0.05) is 12.7 Å². The van der Waals surface area contributed by atoms with Gasteiger partial charge in [-0.25, -0.2) is 15.0 Å². The van der Waals surface area contributed by atoms with Crippen LogP contribution in [0.4, 0.5) is 5.82 Å². The third-order valence-electron chi connectivity index (χ3n) is 9.91. The quantitative estimate of drug-likeness (QED) is 0.0889. The lowest BCUT2D eigenvalue weighted by Gasteiger charge is -2.37. The summed E-state index contributed by atoms with van der Waals surface area (Å²) in [5.74, 6) is -0.814. The van der Waals surface area contributed by atoms with Crippen molar-refractivity contribution in [2.45, 2.75) is 43.0 Å². The average molecular weight is 788 g/mol. The Morgan fingerprint density at radius 1 is 0.759 bits per heavy atom. The van der Waals surface area contributed by atoms with Gasteiger partial charge in [-0.2, -0.15) is 0 Å². The number of carbonyl (C=O) groups excluding carboxylic acids is 2. The minimum absolute atomic E-state index is 0.153. The number of nitrogens with zero attached hydrogens (tertiary/aromatic N) is 4. The molecule has 3 heterocycles. The molecule has 2 N–H and O–H groups in total. The van der Waals surface area contributed by atoms with Crippen molar-refractivity contribution in [2.24, 2.45) is 0 Å². The van der Waals surface area contributed by atoms with Gasteiger partial charge in [0.1, 0.15) is 35.6 Å². The fourth-order valence-corrected chi connectivity index (χ4v) is 7.06. The van der Waals surface area contributed by atoms with Gasteiger partial charge in [-0.1, -0.05) is 72.8 Å². The summed E-state index contributed by atoms with van der Waals surface area (Å²) in [5.41, 5.74) is 2.08. The normalized spacial score (nSPS) is 17.8. The fourth-order valence-electron chi connectivity index (χ4n) is 7.06.